The van der Waals surface area contributed by atoms with Gasteiger partial charge in [-0.25, -0.2) is 12.8 Å². The van der Waals surface area contributed by atoms with Gasteiger partial charge in [-0.05, 0) is 42.3 Å². The standard InChI is InChI=1S/C19H23FN2O4S/c1-3-15-7-9-18(10-8-15)26-12-11-21-19(23)14-22(27(2,24)25)17-6-4-5-16(20)13-17/h4-10,13H,3,11-12,14H2,1-2H3,(H,21,23). The highest BCUT2D eigenvalue weighted by Crippen LogP contribution is 2.18. The van der Waals surface area contributed by atoms with Crippen molar-refractivity contribution in [3.8, 4) is 5.75 Å². The average Bonchev–Trinajstić information content (AvgIpc) is 2.63. The first-order valence-electron chi connectivity index (χ1n) is 8.51. The van der Waals surface area contributed by atoms with Crippen molar-refractivity contribution in [1.82, 2.24) is 5.32 Å². The molecule has 0 aliphatic carbocycles. The van der Waals surface area contributed by atoms with E-state index in [1.165, 1.54) is 23.8 Å². The minimum Gasteiger partial charge on any atom is -0.492 e. The van der Waals surface area contributed by atoms with Crippen LogP contribution in [0.25, 0.3) is 0 Å². The molecule has 0 aliphatic heterocycles. The van der Waals surface area contributed by atoms with Crippen molar-refractivity contribution in [2.75, 3.05) is 30.3 Å². The molecule has 2 rings (SSSR count). The summed E-state index contributed by atoms with van der Waals surface area (Å²) in [5.41, 5.74) is 1.30. The Balaban J connectivity index is 1.86. The summed E-state index contributed by atoms with van der Waals surface area (Å²) in [6.45, 7) is 2.09. The Bertz CT molecular complexity index is 870. The minimum absolute atomic E-state index is 0.0971. The lowest BCUT2D eigenvalue weighted by Crippen LogP contribution is -2.41. The molecule has 0 aliphatic rings. The van der Waals surface area contributed by atoms with E-state index in [2.05, 4.69) is 12.2 Å². The molecule has 2 aromatic carbocycles. The van der Waals surface area contributed by atoms with Gasteiger partial charge in [0.15, 0.2) is 0 Å². The molecule has 0 saturated heterocycles. The van der Waals surface area contributed by atoms with Crippen molar-refractivity contribution in [3.63, 3.8) is 0 Å². The summed E-state index contributed by atoms with van der Waals surface area (Å²) in [6, 6.07) is 12.7. The number of carbonyl (C=O) groups is 1. The van der Waals surface area contributed by atoms with Gasteiger partial charge in [0, 0.05) is 0 Å². The van der Waals surface area contributed by atoms with Crippen molar-refractivity contribution < 1.29 is 22.3 Å². The summed E-state index contributed by atoms with van der Waals surface area (Å²) >= 11 is 0. The van der Waals surface area contributed by atoms with E-state index in [1.54, 1.807) is 0 Å². The fourth-order valence-corrected chi connectivity index (χ4v) is 3.25. The summed E-state index contributed by atoms with van der Waals surface area (Å²) in [7, 11) is -3.74. The SMILES string of the molecule is CCc1ccc(OCCNC(=O)CN(c2cccc(F)c2)S(C)(=O)=O)cc1. The maximum absolute atomic E-state index is 13.4. The zero-order valence-electron chi connectivity index (χ0n) is 15.3. The number of anilines is 1. The summed E-state index contributed by atoms with van der Waals surface area (Å²) in [4.78, 5) is 12.1. The normalized spacial score (nSPS) is 11.1. The number of nitrogens with one attached hydrogen (secondary N) is 1. The molecule has 27 heavy (non-hydrogen) atoms. The number of carbonyl (C=O) groups excluding carboxylic acids is 1. The van der Waals surface area contributed by atoms with Gasteiger partial charge in [-0.15, -0.1) is 0 Å². The second kappa shape index (κ2) is 9.36. The molecule has 0 radical (unpaired) electrons. The third-order valence-electron chi connectivity index (χ3n) is 3.81. The Labute approximate surface area is 159 Å². The van der Waals surface area contributed by atoms with Crippen LogP contribution in [0.1, 0.15) is 12.5 Å². The Morgan fingerprint density at radius 2 is 1.89 bits per heavy atom. The van der Waals surface area contributed by atoms with Crippen molar-refractivity contribution in [2.45, 2.75) is 13.3 Å². The highest BCUT2D eigenvalue weighted by atomic mass is 32.2. The molecule has 1 N–H and O–H groups in total. The number of amides is 1. The number of hydrogen-bond acceptors (Lipinski definition) is 4. The maximum atomic E-state index is 13.4. The topological polar surface area (TPSA) is 75.7 Å². The van der Waals surface area contributed by atoms with Gasteiger partial charge >= 0.3 is 0 Å². The summed E-state index contributed by atoms with van der Waals surface area (Å²) in [5.74, 6) is -0.391. The second-order valence-corrected chi connectivity index (χ2v) is 7.85. The Morgan fingerprint density at radius 1 is 1.19 bits per heavy atom. The molecule has 0 unspecified atom stereocenters. The lowest BCUT2D eigenvalue weighted by Gasteiger charge is -2.21. The van der Waals surface area contributed by atoms with Crippen molar-refractivity contribution in [2.24, 2.45) is 0 Å². The monoisotopic (exact) mass is 394 g/mol. The van der Waals surface area contributed by atoms with Crippen LogP contribution in [0.15, 0.2) is 48.5 Å². The highest BCUT2D eigenvalue weighted by Gasteiger charge is 2.21. The summed E-state index contributed by atoms with van der Waals surface area (Å²) < 4.78 is 43.7. The Kier molecular flexibility index (Phi) is 7.18. The van der Waals surface area contributed by atoms with Crippen LogP contribution in [0.2, 0.25) is 0 Å². The fraction of sp³-hybridized carbons (Fsp3) is 0.316. The van der Waals surface area contributed by atoms with Gasteiger partial charge in [-0.3, -0.25) is 9.10 Å². The molecule has 0 saturated carbocycles. The van der Waals surface area contributed by atoms with Crippen LogP contribution < -0.4 is 14.4 Å². The predicted molar refractivity (Wildman–Crippen MR) is 103 cm³/mol. The van der Waals surface area contributed by atoms with Gasteiger partial charge in [0.05, 0.1) is 18.5 Å². The van der Waals surface area contributed by atoms with Crippen LogP contribution >= 0.6 is 0 Å². The molecule has 0 bridgehead atoms. The fourth-order valence-electron chi connectivity index (χ4n) is 2.40. The van der Waals surface area contributed by atoms with Crippen LogP contribution in [-0.2, 0) is 21.2 Å². The number of aryl methyl sites for hydroxylation is 1. The Morgan fingerprint density at radius 3 is 2.48 bits per heavy atom. The number of benzene rings is 2. The summed E-state index contributed by atoms with van der Waals surface area (Å²) in [6.07, 6.45) is 1.91. The largest absolute Gasteiger partial charge is 0.492 e. The van der Waals surface area contributed by atoms with Gasteiger partial charge in [0.2, 0.25) is 15.9 Å². The first kappa shape index (κ1) is 20.7. The van der Waals surface area contributed by atoms with E-state index in [-0.39, 0.29) is 18.8 Å². The van der Waals surface area contributed by atoms with Crippen LogP contribution in [0.3, 0.4) is 0 Å². The van der Waals surface area contributed by atoms with Crippen molar-refractivity contribution in [3.05, 3.63) is 59.9 Å². The first-order valence-corrected chi connectivity index (χ1v) is 10.4. The summed E-state index contributed by atoms with van der Waals surface area (Å²) in [5, 5.41) is 2.60. The average molecular weight is 394 g/mol. The molecule has 0 heterocycles. The number of halogens is 1. The van der Waals surface area contributed by atoms with Gasteiger partial charge in [-0.2, -0.15) is 0 Å². The van der Waals surface area contributed by atoms with E-state index >= 15 is 0 Å². The van der Waals surface area contributed by atoms with E-state index < -0.39 is 28.3 Å². The molecule has 0 spiro atoms. The lowest BCUT2D eigenvalue weighted by molar-refractivity contribution is -0.119. The number of ether oxygens (including phenoxy) is 1. The molecular weight excluding hydrogens is 371 g/mol. The molecular formula is C19H23FN2O4S. The first-order chi connectivity index (χ1) is 12.8. The third-order valence-corrected chi connectivity index (χ3v) is 4.95. The predicted octanol–water partition coefficient (Wildman–Crippen LogP) is 2.35. The molecule has 0 aromatic heterocycles. The van der Waals surface area contributed by atoms with E-state index in [9.17, 15) is 17.6 Å². The quantitative estimate of drug-likeness (QED) is 0.663. The number of rotatable bonds is 9. The third kappa shape index (κ3) is 6.56. The zero-order chi connectivity index (χ0) is 19.9. The lowest BCUT2D eigenvalue weighted by atomic mass is 10.2. The van der Waals surface area contributed by atoms with Crippen LogP contribution in [-0.4, -0.2) is 40.3 Å². The second-order valence-electron chi connectivity index (χ2n) is 5.95. The van der Waals surface area contributed by atoms with Crippen molar-refractivity contribution >= 4 is 21.6 Å². The smallest absolute Gasteiger partial charge is 0.240 e. The molecule has 146 valence electrons. The Hall–Kier alpha value is -2.61. The number of nitrogens with zero attached hydrogens (tertiary/aromatic N) is 1. The van der Waals surface area contributed by atoms with E-state index in [0.29, 0.717) is 5.75 Å². The molecule has 1 amide bonds. The van der Waals surface area contributed by atoms with Crippen LogP contribution in [0.5, 0.6) is 5.75 Å². The van der Waals surface area contributed by atoms with E-state index in [4.69, 9.17) is 4.74 Å². The molecule has 2 aromatic rings. The number of hydrogen-bond donors (Lipinski definition) is 1. The van der Waals surface area contributed by atoms with E-state index in [0.717, 1.165) is 23.0 Å². The van der Waals surface area contributed by atoms with E-state index in [1.807, 2.05) is 24.3 Å². The van der Waals surface area contributed by atoms with Gasteiger partial charge < -0.3 is 10.1 Å². The molecule has 6 nitrogen and oxygen atoms in total. The maximum Gasteiger partial charge on any atom is 0.240 e. The zero-order valence-corrected chi connectivity index (χ0v) is 16.1. The van der Waals surface area contributed by atoms with Gasteiger partial charge in [-0.1, -0.05) is 25.1 Å². The molecule has 0 fully saturated rings. The number of sulfonamides is 1. The molecule has 0 atom stereocenters. The van der Waals surface area contributed by atoms with Crippen LogP contribution in [0.4, 0.5) is 10.1 Å². The van der Waals surface area contributed by atoms with Gasteiger partial charge in [0.1, 0.15) is 24.7 Å². The van der Waals surface area contributed by atoms with Crippen molar-refractivity contribution in [1.29, 1.82) is 0 Å². The highest BCUT2D eigenvalue weighted by molar-refractivity contribution is 7.92. The van der Waals surface area contributed by atoms with Crippen LogP contribution in [0, 0.1) is 5.82 Å². The minimum atomic E-state index is -3.74. The molecule has 8 heteroatoms. The van der Waals surface area contributed by atoms with Gasteiger partial charge in [0.25, 0.3) is 0 Å².